The lowest BCUT2D eigenvalue weighted by Crippen LogP contribution is -2.13. The highest BCUT2D eigenvalue weighted by atomic mass is 32.2. The number of nitrogens with two attached hydrogens (primary N) is 2. The van der Waals surface area contributed by atoms with Crippen molar-refractivity contribution in [3.8, 4) is 0 Å². The first-order valence-corrected chi connectivity index (χ1v) is 7.35. The zero-order valence-electron chi connectivity index (χ0n) is 10.9. The first kappa shape index (κ1) is 14.2. The lowest BCUT2D eigenvalue weighted by Gasteiger charge is -2.10. The van der Waals surface area contributed by atoms with Gasteiger partial charge in [-0.15, -0.1) is 0 Å². The molecule has 1 heterocycles. The number of hydrogen-bond acceptors (Lipinski definition) is 6. The maximum atomic E-state index is 11.2. The Morgan fingerprint density at radius 1 is 1.30 bits per heavy atom. The average molecular weight is 293 g/mol. The fraction of sp³-hybridized carbons (Fsp3) is 0.167. The molecule has 106 valence electrons. The van der Waals surface area contributed by atoms with Gasteiger partial charge in [-0.2, -0.15) is 0 Å². The molecule has 0 aliphatic rings. The summed E-state index contributed by atoms with van der Waals surface area (Å²) in [6, 6.07) is 6.08. The van der Waals surface area contributed by atoms with E-state index in [1.165, 1.54) is 12.1 Å². The third-order valence-corrected chi connectivity index (χ3v) is 3.56. The van der Waals surface area contributed by atoms with Crippen LogP contribution in [0.5, 0.6) is 0 Å². The number of benzene rings is 1. The van der Waals surface area contributed by atoms with Gasteiger partial charge in [0, 0.05) is 6.20 Å². The number of aromatic nitrogens is 2. The van der Waals surface area contributed by atoms with E-state index in [1.54, 1.807) is 25.3 Å². The molecule has 0 aliphatic carbocycles. The molecule has 0 spiro atoms. The van der Waals surface area contributed by atoms with Gasteiger partial charge in [0.1, 0.15) is 5.82 Å². The van der Waals surface area contributed by atoms with Crippen molar-refractivity contribution in [2.75, 3.05) is 11.1 Å². The Labute approximate surface area is 117 Å². The van der Waals surface area contributed by atoms with E-state index < -0.39 is 10.0 Å². The van der Waals surface area contributed by atoms with E-state index in [0.717, 1.165) is 5.69 Å². The number of nitrogen functional groups attached to an aromatic ring is 1. The van der Waals surface area contributed by atoms with Gasteiger partial charge in [0.15, 0.2) is 0 Å². The molecule has 0 amide bonds. The third kappa shape index (κ3) is 3.43. The molecule has 0 radical (unpaired) electrons. The normalized spacial score (nSPS) is 11.3. The first-order valence-electron chi connectivity index (χ1n) is 5.81. The van der Waals surface area contributed by atoms with Crippen molar-refractivity contribution in [1.29, 1.82) is 0 Å². The molecule has 20 heavy (non-hydrogen) atoms. The number of anilines is 2. The van der Waals surface area contributed by atoms with Crippen molar-refractivity contribution < 1.29 is 8.42 Å². The van der Waals surface area contributed by atoms with Gasteiger partial charge in [-0.1, -0.05) is 0 Å². The SMILES string of the molecule is Cc1nccc(CNc2ccc(S(N)(=O)=O)cc2N)n1. The van der Waals surface area contributed by atoms with Crippen LogP contribution >= 0.6 is 0 Å². The number of sulfonamides is 1. The molecule has 7 nitrogen and oxygen atoms in total. The highest BCUT2D eigenvalue weighted by molar-refractivity contribution is 7.89. The Balaban J connectivity index is 2.15. The van der Waals surface area contributed by atoms with Crippen LogP contribution in [0.4, 0.5) is 11.4 Å². The maximum Gasteiger partial charge on any atom is 0.238 e. The fourth-order valence-electron chi connectivity index (χ4n) is 1.67. The first-order chi connectivity index (χ1) is 9.36. The number of rotatable bonds is 4. The molecule has 2 aromatic rings. The highest BCUT2D eigenvalue weighted by Gasteiger charge is 2.10. The van der Waals surface area contributed by atoms with Gasteiger partial charge >= 0.3 is 0 Å². The van der Waals surface area contributed by atoms with Gasteiger partial charge < -0.3 is 11.1 Å². The van der Waals surface area contributed by atoms with Crippen molar-refractivity contribution in [2.45, 2.75) is 18.4 Å². The monoisotopic (exact) mass is 293 g/mol. The minimum atomic E-state index is -3.74. The average Bonchev–Trinajstić information content (AvgIpc) is 2.36. The lowest BCUT2D eigenvalue weighted by molar-refractivity contribution is 0.598. The molecule has 1 aromatic carbocycles. The Kier molecular flexibility index (Phi) is 3.86. The number of hydrogen-bond donors (Lipinski definition) is 3. The Bertz CT molecular complexity index is 730. The van der Waals surface area contributed by atoms with Gasteiger partial charge in [0.2, 0.25) is 10.0 Å². The minimum absolute atomic E-state index is 0.0153. The Morgan fingerprint density at radius 3 is 2.65 bits per heavy atom. The summed E-state index contributed by atoms with van der Waals surface area (Å²) in [5.74, 6) is 0.682. The van der Waals surface area contributed by atoms with Gasteiger partial charge in [-0.25, -0.2) is 23.5 Å². The van der Waals surface area contributed by atoms with E-state index >= 15 is 0 Å². The number of nitrogens with zero attached hydrogens (tertiary/aromatic N) is 2. The van der Waals surface area contributed by atoms with Gasteiger partial charge in [0.05, 0.1) is 28.5 Å². The van der Waals surface area contributed by atoms with Gasteiger partial charge in [-0.3, -0.25) is 0 Å². The van der Waals surface area contributed by atoms with Crippen molar-refractivity contribution in [3.05, 3.63) is 42.0 Å². The predicted octanol–water partition coefficient (Wildman–Crippen LogP) is 0.627. The number of aryl methyl sites for hydroxylation is 1. The lowest BCUT2D eigenvalue weighted by atomic mass is 10.2. The summed E-state index contributed by atoms with van der Waals surface area (Å²) in [4.78, 5) is 8.24. The van der Waals surface area contributed by atoms with Crippen LogP contribution in [0.2, 0.25) is 0 Å². The smallest absolute Gasteiger partial charge is 0.238 e. The topological polar surface area (TPSA) is 124 Å². The maximum absolute atomic E-state index is 11.2. The molecule has 0 bridgehead atoms. The van der Waals surface area contributed by atoms with E-state index in [0.29, 0.717) is 23.7 Å². The molecule has 0 atom stereocenters. The van der Waals surface area contributed by atoms with Crippen LogP contribution in [0, 0.1) is 6.92 Å². The molecule has 2 rings (SSSR count). The fourth-order valence-corrected chi connectivity index (χ4v) is 2.22. The van der Waals surface area contributed by atoms with Crippen molar-refractivity contribution in [1.82, 2.24) is 9.97 Å². The zero-order chi connectivity index (χ0) is 14.8. The number of primary sulfonamides is 1. The molecule has 5 N–H and O–H groups in total. The summed E-state index contributed by atoms with van der Waals surface area (Å²) in [6.45, 7) is 2.26. The molecule has 1 aromatic heterocycles. The molecule has 0 saturated heterocycles. The molecule has 0 fully saturated rings. The minimum Gasteiger partial charge on any atom is -0.397 e. The standard InChI is InChI=1S/C12H15N5O2S/c1-8-15-5-4-9(17-8)7-16-12-3-2-10(6-11(12)13)20(14,18)19/h2-6,16H,7,13H2,1H3,(H2,14,18,19). The Hall–Kier alpha value is -2.19. The molecule has 0 aliphatic heterocycles. The summed E-state index contributed by atoms with van der Waals surface area (Å²) in [5, 5.41) is 8.12. The summed E-state index contributed by atoms with van der Waals surface area (Å²) < 4.78 is 22.4. The second-order valence-corrected chi connectivity index (χ2v) is 5.80. The summed E-state index contributed by atoms with van der Waals surface area (Å²) in [5.41, 5.74) is 7.54. The van der Waals surface area contributed by atoms with Crippen LogP contribution in [0.15, 0.2) is 35.4 Å². The van der Waals surface area contributed by atoms with Crippen LogP contribution in [-0.2, 0) is 16.6 Å². The predicted molar refractivity (Wildman–Crippen MR) is 76.3 cm³/mol. The van der Waals surface area contributed by atoms with E-state index in [1.807, 2.05) is 0 Å². The van der Waals surface area contributed by atoms with Crippen LogP contribution in [0.25, 0.3) is 0 Å². The van der Waals surface area contributed by atoms with Crippen LogP contribution in [0.1, 0.15) is 11.5 Å². The number of nitrogens with one attached hydrogen (secondary N) is 1. The van der Waals surface area contributed by atoms with Crippen LogP contribution < -0.4 is 16.2 Å². The second kappa shape index (κ2) is 5.43. The zero-order valence-corrected chi connectivity index (χ0v) is 11.7. The van der Waals surface area contributed by atoms with E-state index in [-0.39, 0.29) is 4.90 Å². The second-order valence-electron chi connectivity index (χ2n) is 4.24. The van der Waals surface area contributed by atoms with Crippen LogP contribution in [-0.4, -0.2) is 18.4 Å². The van der Waals surface area contributed by atoms with Crippen LogP contribution in [0.3, 0.4) is 0 Å². The van der Waals surface area contributed by atoms with Crippen molar-refractivity contribution >= 4 is 21.4 Å². The van der Waals surface area contributed by atoms with E-state index in [4.69, 9.17) is 10.9 Å². The van der Waals surface area contributed by atoms with Crippen molar-refractivity contribution in [2.24, 2.45) is 5.14 Å². The molecular weight excluding hydrogens is 278 g/mol. The summed E-state index contributed by atoms with van der Waals surface area (Å²) >= 11 is 0. The molecule has 0 unspecified atom stereocenters. The quantitative estimate of drug-likeness (QED) is 0.710. The Morgan fingerprint density at radius 2 is 2.05 bits per heavy atom. The highest BCUT2D eigenvalue weighted by Crippen LogP contribution is 2.22. The van der Waals surface area contributed by atoms with Gasteiger partial charge in [-0.05, 0) is 31.2 Å². The summed E-state index contributed by atoms with van der Waals surface area (Å²) in [6.07, 6.45) is 1.67. The van der Waals surface area contributed by atoms with E-state index in [9.17, 15) is 8.42 Å². The molecular formula is C12H15N5O2S. The van der Waals surface area contributed by atoms with E-state index in [2.05, 4.69) is 15.3 Å². The molecule has 0 saturated carbocycles. The molecule has 8 heteroatoms. The van der Waals surface area contributed by atoms with Gasteiger partial charge in [0.25, 0.3) is 0 Å². The van der Waals surface area contributed by atoms with Crippen molar-refractivity contribution in [3.63, 3.8) is 0 Å². The largest absolute Gasteiger partial charge is 0.397 e. The third-order valence-electron chi connectivity index (χ3n) is 2.65. The summed E-state index contributed by atoms with van der Waals surface area (Å²) in [7, 11) is -3.74.